The number of benzene rings is 1. The van der Waals surface area contributed by atoms with E-state index in [1.165, 1.54) is 32.4 Å². The van der Waals surface area contributed by atoms with Gasteiger partial charge in [-0.25, -0.2) is 4.39 Å². The smallest absolute Gasteiger partial charge is 0.131 e. The first-order valence-corrected chi connectivity index (χ1v) is 6.12. The Bertz CT molecular complexity index is 363. The van der Waals surface area contributed by atoms with Crippen molar-refractivity contribution in [2.75, 3.05) is 7.11 Å². The molecule has 0 amide bonds. The topological polar surface area (TPSA) is 9.23 Å². The van der Waals surface area contributed by atoms with E-state index < -0.39 is 0 Å². The van der Waals surface area contributed by atoms with Crippen LogP contribution in [0.1, 0.15) is 36.6 Å². The van der Waals surface area contributed by atoms with Crippen molar-refractivity contribution < 1.29 is 9.13 Å². The second kappa shape index (κ2) is 5.05. The van der Waals surface area contributed by atoms with E-state index in [4.69, 9.17) is 16.3 Å². The molecular weight excluding hydrogens is 227 g/mol. The molecule has 0 N–H and O–H groups in total. The fourth-order valence-electron chi connectivity index (χ4n) is 2.04. The molecule has 1 saturated carbocycles. The van der Waals surface area contributed by atoms with Crippen LogP contribution < -0.4 is 4.74 Å². The predicted molar refractivity (Wildman–Crippen MR) is 63.5 cm³/mol. The fourth-order valence-corrected chi connectivity index (χ4v) is 2.47. The molecule has 1 aromatic carbocycles. The van der Waals surface area contributed by atoms with Gasteiger partial charge in [-0.1, -0.05) is 25.3 Å². The van der Waals surface area contributed by atoms with Gasteiger partial charge in [-0.2, -0.15) is 0 Å². The van der Waals surface area contributed by atoms with E-state index in [0.717, 1.165) is 6.42 Å². The number of methoxy groups -OCH3 is 1. The molecule has 1 atom stereocenters. The highest BCUT2D eigenvalue weighted by Crippen LogP contribution is 2.38. The summed E-state index contributed by atoms with van der Waals surface area (Å²) in [5, 5.41) is -0.212. The molecule has 1 unspecified atom stereocenters. The maximum Gasteiger partial charge on any atom is 0.131 e. The van der Waals surface area contributed by atoms with Gasteiger partial charge in [0.05, 0.1) is 12.5 Å². The molecule has 1 aliphatic carbocycles. The van der Waals surface area contributed by atoms with Gasteiger partial charge < -0.3 is 4.74 Å². The van der Waals surface area contributed by atoms with Crippen molar-refractivity contribution in [2.45, 2.75) is 31.1 Å². The lowest BCUT2D eigenvalue weighted by Gasteiger charge is -2.27. The molecule has 88 valence electrons. The average Bonchev–Trinajstić information content (AvgIpc) is 2.23. The minimum atomic E-state index is -0.265. The number of halogens is 2. The highest BCUT2D eigenvalue weighted by molar-refractivity contribution is 6.20. The Balaban J connectivity index is 2.06. The largest absolute Gasteiger partial charge is 0.497 e. The van der Waals surface area contributed by atoms with Gasteiger partial charge in [0.15, 0.2) is 0 Å². The van der Waals surface area contributed by atoms with Crippen molar-refractivity contribution >= 4 is 11.6 Å². The molecule has 0 aromatic heterocycles. The van der Waals surface area contributed by atoms with Crippen molar-refractivity contribution in [1.29, 1.82) is 0 Å². The molecule has 16 heavy (non-hydrogen) atoms. The lowest BCUT2D eigenvalue weighted by molar-refractivity contribution is 0.292. The van der Waals surface area contributed by atoms with E-state index in [-0.39, 0.29) is 11.2 Å². The summed E-state index contributed by atoms with van der Waals surface area (Å²) in [6.07, 6.45) is 4.65. The van der Waals surface area contributed by atoms with Crippen molar-refractivity contribution in [3.8, 4) is 5.75 Å². The Morgan fingerprint density at radius 2 is 2.25 bits per heavy atom. The van der Waals surface area contributed by atoms with Crippen LogP contribution in [0.3, 0.4) is 0 Å². The lowest BCUT2D eigenvalue weighted by atomic mass is 9.81. The molecule has 0 spiro atoms. The summed E-state index contributed by atoms with van der Waals surface area (Å²) < 4.78 is 18.7. The van der Waals surface area contributed by atoms with Gasteiger partial charge >= 0.3 is 0 Å². The third-order valence-corrected chi connectivity index (χ3v) is 3.72. The van der Waals surface area contributed by atoms with E-state index in [2.05, 4.69) is 0 Å². The van der Waals surface area contributed by atoms with Crippen LogP contribution in [0.5, 0.6) is 5.75 Å². The first-order chi connectivity index (χ1) is 7.70. The quantitative estimate of drug-likeness (QED) is 0.715. The normalized spacial score (nSPS) is 17.9. The van der Waals surface area contributed by atoms with Crippen molar-refractivity contribution in [1.82, 2.24) is 0 Å². The molecule has 0 bridgehead atoms. The maximum absolute atomic E-state index is 13.7. The molecule has 0 aliphatic heterocycles. The van der Waals surface area contributed by atoms with Gasteiger partial charge in [-0.15, -0.1) is 11.6 Å². The summed E-state index contributed by atoms with van der Waals surface area (Å²) in [5.41, 5.74) is 0.592. The summed E-state index contributed by atoms with van der Waals surface area (Å²) in [6, 6.07) is 4.88. The molecular formula is C13H16ClFO. The zero-order valence-electron chi connectivity index (χ0n) is 9.38. The summed E-state index contributed by atoms with van der Waals surface area (Å²) in [7, 11) is 1.53. The summed E-state index contributed by atoms with van der Waals surface area (Å²) in [5.74, 6) is 0.955. The number of hydrogen-bond donors (Lipinski definition) is 0. The first kappa shape index (κ1) is 11.7. The van der Waals surface area contributed by atoms with Crippen LogP contribution in [0, 0.1) is 11.7 Å². The Hall–Kier alpha value is -0.760. The van der Waals surface area contributed by atoms with E-state index in [1.807, 2.05) is 0 Å². The number of alkyl halides is 1. The van der Waals surface area contributed by atoms with Crippen LogP contribution in [-0.4, -0.2) is 7.11 Å². The monoisotopic (exact) mass is 242 g/mol. The minimum absolute atomic E-state index is 0.212. The zero-order chi connectivity index (χ0) is 11.5. The first-order valence-electron chi connectivity index (χ1n) is 5.68. The van der Waals surface area contributed by atoms with Crippen molar-refractivity contribution in [3.05, 3.63) is 29.6 Å². The molecule has 0 heterocycles. The summed E-state index contributed by atoms with van der Waals surface area (Å²) in [4.78, 5) is 0. The van der Waals surface area contributed by atoms with Gasteiger partial charge in [-0.3, -0.25) is 0 Å². The van der Waals surface area contributed by atoms with E-state index in [9.17, 15) is 4.39 Å². The number of ether oxygens (including phenoxy) is 1. The fraction of sp³-hybridized carbons (Fsp3) is 0.538. The van der Waals surface area contributed by atoms with E-state index in [1.54, 1.807) is 12.1 Å². The van der Waals surface area contributed by atoms with Crippen molar-refractivity contribution in [2.24, 2.45) is 5.92 Å². The molecule has 1 nitrogen and oxygen atoms in total. The molecule has 0 radical (unpaired) electrons. The van der Waals surface area contributed by atoms with Crippen LogP contribution in [0.4, 0.5) is 4.39 Å². The second-order valence-corrected chi connectivity index (χ2v) is 4.91. The van der Waals surface area contributed by atoms with Gasteiger partial charge in [0.1, 0.15) is 11.6 Å². The van der Waals surface area contributed by atoms with Crippen molar-refractivity contribution in [3.63, 3.8) is 0 Å². The van der Waals surface area contributed by atoms with E-state index >= 15 is 0 Å². The molecule has 1 aromatic rings. The molecule has 1 aliphatic rings. The van der Waals surface area contributed by atoms with Gasteiger partial charge in [0.2, 0.25) is 0 Å². The predicted octanol–water partition coefficient (Wildman–Crippen LogP) is 4.30. The maximum atomic E-state index is 13.7. The minimum Gasteiger partial charge on any atom is -0.497 e. The Kier molecular flexibility index (Phi) is 3.70. The second-order valence-electron chi connectivity index (χ2n) is 4.39. The van der Waals surface area contributed by atoms with Crippen LogP contribution in [0.2, 0.25) is 0 Å². The van der Waals surface area contributed by atoms with Crippen LogP contribution in [0.15, 0.2) is 18.2 Å². The third kappa shape index (κ3) is 2.49. The SMILES string of the molecule is COc1ccc(C(Cl)CC2CCC2)c(F)c1. The summed E-state index contributed by atoms with van der Waals surface area (Å²) >= 11 is 6.23. The Labute approximate surface area is 101 Å². The van der Waals surface area contributed by atoms with Crippen LogP contribution >= 0.6 is 11.6 Å². The van der Waals surface area contributed by atoms with Crippen LogP contribution in [0.25, 0.3) is 0 Å². The van der Waals surface area contributed by atoms with Gasteiger partial charge in [0.25, 0.3) is 0 Å². The lowest BCUT2D eigenvalue weighted by Crippen LogP contribution is -2.13. The highest BCUT2D eigenvalue weighted by atomic mass is 35.5. The highest BCUT2D eigenvalue weighted by Gasteiger charge is 2.23. The Morgan fingerprint density at radius 3 is 2.75 bits per heavy atom. The zero-order valence-corrected chi connectivity index (χ0v) is 10.1. The molecule has 1 fully saturated rings. The van der Waals surface area contributed by atoms with Gasteiger partial charge in [0, 0.05) is 11.6 Å². The summed E-state index contributed by atoms with van der Waals surface area (Å²) in [6.45, 7) is 0. The molecule has 2 rings (SSSR count). The molecule has 0 saturated heterocycles. The Morgan fingerprint density at radius 1 is 1.50 bits per heavy atom. The van der Waals surface area contributed by atoms with E-state index in [0.29, 0.717) is 17.2 Å². The third-order valence-electron chi connectivity index (χ3n) is 3.31. The standard InChI is InChI=1S/C13H16ClFO/c1-16-10-5-6-11(13(15)8-10)12(14)7-9-3-2-4-9/h5-6,8-9,12H,2-4,7H2,1H3. The number of rotatable bonds is 4. The average molecular weight is 243 g/mol. The van der Waals surface area contributed by atoms with Crippen LogP contribution in [-0.2, 0) is 0 Å². The molecule has 3 heteroatoms. The number of hydrogen-bond acceptors (Lipinski definition) is 1. The van der Waals surface area contributed by atoms with Gasteiger partial charge in [-0.05, 0) is 18.4 Å².